The Bertz CT molecular complexity index is 1020. The van der Waals surface area contributed by atoms with Gasteiger partial charge in [0, 0.05) is 17.6 Å². The molecular weight excluding hydrogens is 318 g/mol. The van der Waals surface area contributed by atoms with Crippen molar-refractivity contribution in [1.82, 2.24) is 10.1 Å². The van der Waals surface area contributed by atoms with Gasteiger partial charge in [-0.05, 0) is 36.8 Å². The Balaban J connectivity index is 1.48. The molecule has 4 aromatic rings. The lowest BCUT2D eigenvalue weighted by Gasteiger charge is -2.03. The van der Waals surface area contributed by atoms with Crippen LogP contribution >= 0.6 is 0 Å². The first-order valence-corrected chi connectivity index (χ1v) is 7.84. The molecule has 4 rings (SSSR count). The maximum absolute atomic E-state index is 12.1. The topological polar surface area (TPSA) is 81.2 Å². The van der Waals surface area contributed by atoms with Gasteiger partial charge in [0.05, 0.1) is 12.1 Å². The molecule has 6 heteroatoms. The van der Waals surface area contributed by atoms with Crippen molar-refractivity contribution in [3.8, 4) is 11.5 Å². The van der Waals surface area contributed by atoms with Gasteiger partial charge in [-0.25, -0.2) is 4.98 Å². The quantitative estimate of drug-likeness (QED) is 0.611. The number of hydrogen-bond acceptors (Lipinski definition) is 5. The number of para-hydroxylation sites is 1. The van der Waals surface area contributed by atoms with Crippen LogP contribution in [0.5, 0.6) is 0 Å². The van der Waals surface area contributed by atoms with Crippen LogP contribution < -0.4 is 5.32 Å². The molecule has 0 aliphatic carbocycles. The minimum atomic E-state index is -0.206. The number of hydrogen-bond donors (Lipinski definition) is 1. The van der Waals surface area contributed by atoms with Crippen molar-refractivity contribution in [2.45, 2.75) is 13.3 Å². The molecule has 3 aromatic heterocycles. The molecule has 1 amide bonds. The fourth-order valence-corrected chi connectivity index (χ4v) is 2.57. The molecule has 3 heterocycles. The van der Waals surface area contributed by atoms with Crippen LogP contribution in [-0.4, -0.2) is 16.0 Å². The van der Waals surface area contributed by atoms with E-state index in [-0.39, 0.29) is 12.3 Å². The van der Waals surface area contributed by atoms with E-state index in [1.165, 1.54) is 0 Å². The summed E-state index contributed by atoms with van der Waals surface area (Å²) in [5.41, 5.74) is 2.33. The van der Waals surface area contributed by atoms with E-state index in [4.69, 9.17) is 8.94 Å². The smallest absolute Gasteiger partial charge is 0.231 e. The number of anilines is 1. The van der Waals surface area contributed by atoms with E-state index in [1.54, 1.807) is 18.3 Å². The van der Waals surface area contributed by atoms with Gasteiger partial charge in [0.15, 0.2) is 5.76 Å². The van der Waals surface area contributed by atoms with E-state index >= 15 is 0 Å². The molecular formula is C19H15N3O3. The Morgan fingerprint density at radius 2 is 2.00 bits per heavy atom. The SMILES string of the molecule is Cc1ccnc(NC(=O)Cc2cc(-c3cc4ccccc4o3)on2)c1. The fraction of sp³-hybridized carbons (Fsp3) is 0.105. The minimum absolute atomic E-state index is 0.0966. The van der Waals surface area contributed by atoms with E-state index in [0.29, 0.717) is 23.0 Å². The van der Waals surface area contributed by atoms with Gasteiger partial charge in [-0.1, -0.05) is 23.4 Å². The third kappa shape index (κ3) is 3.28. The molecule has 0 fully saturated rings. The highest BCUT2D eigenvalue weighted by molar-refractivity contribution is 5.91. The number of carbonyl (C=O) groups is 1. The first kappa shape index (κ1) is 15.1. The summed E-state index contributed by atoms with van der Waals surface area (Å²) in [7, 11) is 0. The molecule has 0 bridgehead atoms. The molecule has 0 atom stereocenters. The molecule has 0 unspecified atom stereocenters. The van der Waals surface area contributed by atoms with Crippen molar-refractivity contribution in [3.05, 3.63) is 66.0 Å². The summed E-state index contributed by atoms with van der Waals surface area (Å²) in [5, 5.41) is 7.68. The summed E-state index contributed by atoms with van der Waals surface area (Å²) >= 11 is 0. The number of nitrogens with zero attached hydrogens (tertiary/aromatic N) is 2. The molecule has 25 heavy (non-hydrogen) atoms. The maximum Gasteiger partial charge on any atom is 0.231 e. The largest absolute Gasteiger partial charge is 0.453 e. The fourth-order valence-electron chi connectivity index (χ4n) is 2.57. The molecule has 1 N–H and O–H groups in total. The Hall–Kier alpha value is -3.41. The van der Waals surface area contributed by atoms with Crippen LogP contribution in [0.3, 0.4) is 0 Å². The Morgan fingerprint density at radius 1 is 1.12 bits per heavy atom. The van der Waals surface area contributed by atoms with Crippen LogP contribution in [0.1, 0.15) is 11.3 Å². The molecule has 0 aliphatic rings. The first-order chi connectivity index (χ1) is 12.2. The summed E-state index contributed by atoms with van der Waals surface area (Å²) in [4.78, 5) is 16.2. The van der Waals surface area contributed by atoms with Gasteiger partial charge in [-0.2, -0.15) is 0 Å². The zero-order valence-corrected chi connectivity index (χ0v) is 13.5. The normalized spacial score (nSPS) is 10.9. The second-order valence-corrected chi connectivity index (χ2v) is 5.77. The van der Waals surface area contributed by atoms with Gasteiger partial charge in [-0.15, -0.1) is 0 Å². The van der Waals surface area contributed by atoms with Crippen molar-refractivity contribution in [2.24, 2.45) is 0 Å². The number of pyridine rings is 1. The Labute approximate surface area is 143 Å². The van der Waals surface area contributed by atoms with Crippen molar-refractivity contribution < 1.29 is 13.7 Å². The number of nitrogens with one attached hydrogen (secondary N) is 1. The van der Waals surface area contributed by atoms with E-state index in [9.17, 15) is 4.79 Å². The number of carbonyl (C=O) groups excluding carboxylic acids is 1. The summed E-state index contributed by atoms with van der Waals surface area (Å²) in [6, 6.07) is 15.0. The standard InChI is InChI=1S/C19H15N3O3/c1-12-6-7-20-18(8-12)21-19(23)11-14-10-17(25-22-14)16-9-13-4-2-3-5-15(13)24-16/h2-10H,11H2,1H3,(H,20,21,23). The number of amides is 1. The minimum Gasteiger partial charge on any atom is -0.453 e. The van der Waals surface area contributed by atoms with Crippen LogP contribution in [0.25, 0.3) is 22.5 Å². The Morgan fingerprint density at radius 3 is 2.84 bits per heavy atom. The highest BCUT2D eigenvalue weighted by Gasteiger charge is 2.14. The van der Waals surface area contributed by atoms with Gasteiger partial charge < -0.3 is 14.3 Å². The lowest BCUT2D eigenvalue weighted by atomic mass is 10.2. The predicted molar refractivity (Wildman–Crippen MR) is 93.0 cm³/mol. The first-order valence-electron chi connectivity index (χ1n) is 7.84. The third-order valence-electron chi connectivity index (χ3n) is 3.75. The van der Waals surface area contributed by atoms with Gasteiger partial charge in [-0.3, -0.25) is 4.79 Å². The van der Waals surface area contributed by atoms with Gasteiger partial charge >= 0.3 is 0 Å². The van der Waals surface area contributed by atoms with Gasteiger partial charge in [0.25, 0.3) is 0 Å². The van der Waals surface area contributed by atoms with Crippen molar-refractivity contribution in [3.63, 3.8) is 0 Å². The zero-order valence-electron chi connectivity index (χ0n) is 13.5. The average molecular weight is 333 g/mol. The maximum atomic E-state index is 12.1. The number of fused-ring (bicyclic) bond motifs is 1. The second-order valence-electron chi connectivity index (χ2n) is 5.77. The van der Waals surface area contributed by atoms with Crippen LogP contribution in [-0.2, 0) is 11.2 Å². The molecule has 6 nitrogen and oxygen atoms in total. The van der Waals surface area contributed by atoms with Crippen LogP contribution in [0, 0.1) is 6.92 Å². The van der Waals surface area contributed by atoms with E-state index in [0.717, 1.165) is 16.5 Å². The molecule has 0 saturated heterocycles. The summed E-state index contributed by atoms with van der Waals surface area (Å²) in [6.07, 6.45) is 1.75. The molecule has 0 aliphatic heterocycles. The summed E-state index contributed by atoms with van der Waals surface area (Å²) in [5.74, 6) is 1.39. The van der Waals surface area contributed by atoms with Crippen LogP contribution in [0.15, 0.2) is 63.7 Å². The highest BCUT2D eigenvalue weighted by Crippen LogP contribution is 2.28. The van der Waals surface area contributed by atoms with Gasteiger partial charge in [0.2, 0.25) is 11.7 Å². The Kier molecular flexibility index (Phi) is 3.78. The number of rotatable bonds is 4. The lowest BCUT2D eigenvalue weighted by Crippen LogP contribution is -2.15. The highest BCUT2D eigenvalue weighted by atomic mass is 16.5. The monoisotopic (exact) mass is 333 g/mol. The summed E-state index contributed by atoms with van der Waals surface area (Å²) in [6.45, 7) is 1.94. The summed E-state index contributed by atoms with van der Waals surface area (Å²) < 4.78 is 11.0. The zero-order chi connectivity index (χ0) is 17.2. The van der Waals surface area contributed by atoms with Crippen molar-refractivity contribution in [1.29, 1.82) is 0 Å². The van der Waals surface area contributed by atoms with Crippen LogP contribution in [0.2, 0.25) is 0 Å². The van der Waals surface area contributed by atoms with E-state index < -0.39 is 0 Å². The van der Waals surface area contributed by atoms with Crippen molar-refractivity contribution >= 4 is 22.7 Å². The number of aryl methyl sites for hydroxylation is 1. The number of benzene rings is 1. The van der Waals surface area contributed by atoms with E-state index in [1.807, 2.05) is 43.3 Å². The molecule has 0 radical (unpaired) electrons. The number of furan rings is 1. The molecule has 1 aromatic carbocycles. The third-order valence-corrected chi connectivity index (χ3v) is 3.75. The van der Waals surface area contributed by atoms with Crippen LogP contribution in [0.4, 0.5) is 5.82 Å². The second kappa shape index (κ2) is 6.24. The molecule has 0 saturated carbocycles. The van der Waals surface area contributed by atoms with Crippen molar-refractivity contribution in [2.75, 3.05) is 5.32 Å². The molecule has 0 spiro atoms. The predicted octanol–water partition coefficient (Wildman–Crippen LogP) is 3.97. The average Bonchev–Trinajstić information content (AvgIpc) is 3.20. The van der Waals surface area contributed by atoms with Gasteiger partial charge in [0.1, 0.15) is 11.4 Å². The number of aromatic nitrogens is 2. The van der Waals surface area contributed by atoms with E-state index in [2.05, 4.69) is 15.5 Å². The molecule has 124 valence electrons. The lowest BCUT2D eigenvalue weighted by molar-refractivity contribution is -0.115.